The van der Waals surface area contributed by atoms with Crippen LogP contribution in [0.15, 0.2) is 45.3 Å². The summed E-state index contributed by atoms with van der Waals surface area (Å²) >= 11 is 12.5. The molecule has 2 rings (SSSR count). The van der Waals surface area contributed by atoms with E-state index in [4.69, 9.17) is 17.3 Å². The number of benzene rings is 2. The molecule has 0 amide bonds. The van der Waals surface area contributed by atoms with Gasteiger partial charge in [-0.15, -0.1) is 0 Å². The van der Waals surface area contributed by atoms with Crippen LogP contribution in [0.3, 0.4) is 0 Å². The van der Waals surface area contributed by atoms with Crippen molar-refractivity contribution >= 4 is 54.9 Å². The van der Waals surface area contributed by atoms with Crippen LogP contribution < -0.4 is 5.73 Å². The van der Waals surface area contributed by atoms with E-state index in [9.17, 15) is 4.79 Å². The third-order valence-electron chi connectivity index (χ3n) is 2.44. The van der Waals surface area contributed by atoms with Gasteiger partial charge in [-0.1, -0.05) is 11.6 Å². The monoisotopic (exact) mass is 387 g/mol. The Kier molecular flexibility index (Phi) is 4.10. The molecule has 2 N–H and O–H groups in total. The lowest BCUT2D eigenvalue weighted by atomic mass is 10.0. The lowest BCUT2D eigenvalue weighted by Crippen LogP contribution is -2.03. The number of halogens is 3. The highest BCUT2D eigenvalue weighted by Crippen LogP contribution is 2.26. The van der Waals surface area contributed by atoms with Crippen molar-refractivity contribution < 1.29 is 4.79 Å². The largest absolute Gasteiger partial charge is 0.398 e. The predicted octanol–water partition coefficient (Wildman–Crippen LogP) is 4.68. The maximum Gasteiger partial charge on any atom is 0.194 e. The zero-order valence-corrected chi connectivity index (χ0v) is 13.0. The van der Waals surface area contributed by atoms with Gasteiger partial charge in [0.2, 0.25) is 0 Å². The number of nitrogens with two attached hydrogens (primary N) is 1. The Bertz CT molecular complexity index is 628. The second kappa shape index (κ2) is 5.43. The Hall–Kier alpha value is -0.840. The SMILES string of the molecule is Nc1ccc(C(=O)c2ccc(Cl)cc2Br)cc1Br. The Morgan fingerprint density at radius 1 is 1.06 bits per heavy atom. The molecular formula is C13H8Br2ClNO. The first-order valence-corrected chi connectivity index (χ1v) is 7.00. The third kappa shape index (κ3) is 2.76. The number of carbonyl (C=O) groups excluding carboxylic acids is 1. The van der Waals surface area contributed by atoms with Crippen molar-refractivity contribution in [2.45, 2.75) is 0 Å². The minimum atomic E-state index is -0.0840. The van der Waals surface area contributed by atoms with Gasteiger partial charge in [0.05, 0.1) is 0 Å². The van der Waals surface area contributed by atoms with E-state index in [0.29, 0.717) is 30.8 Å². The normalized spacial score (nSPS) is 10.4. The highest BCUT2D eigenvalue weighted by molar-refractivity contribution is 9.11. The highest BCUT2D eigenvalue weighted by Gasteiger charge is 2.13. The average Bonchev–Trinajstić information content (AvgIpc) is 2.32. The lowest BCUT2D eigenvalue weighted by Gasteiger charge is -2.06. The molecule has 0 unspecified atom stereocenters. The fraction of sp³-hybridized carbons (Fsp3) is 0. The summed E-state index contributed by atoms with van der Waals surface area (Å²) in [6, 6.07) is 10.2. The summed E-state index contributed by atoms with van der Waals surface area (Å²) in [6.07, 6.45) is 0. The van der Waals surface area contributed by atoms with Crippen LogP contribution >= 0.6 is 43.5 Å². The summed E-state index contributed by atoms with van der Waals surface area (Å²) in [5.74, 6) is -0.0840. The van der Waals surface area contributed by atoms with E-state index in [2.05, 4.69) is 31.9 Å². The summed E-state index contributed by atoms with van der Waals surface area (Å²) < 4.78 is 1.38. The molecule has 0 aliphatic heterocycles. The van der Waals surface area contributed by atoms with E-state index in [1.54, 1.807) is 36.4 Å². The third-order valence-corrected chi connectivity index (χ3v) is 4.02. The zero-order chi connectivity index (χ0) is 13.3. The van der Waals surface area contributed by atoms with Gasteiger partial charge in [-0.2, -0.15) is 0 Å². The van der Waals surface area contributed by atoms with Gasteiger partial charge in [-0.25, -0.2) is 0 Å². The standard InChI is InChI=1S/C13H8Br2ClNO/c14-10-6-8(16)2-3-9(10)13(18)7-1-4-12(17)11(15)5-7/h1-6H,17H2. The van der Waals surface area contributed by atoms with Crippen molar-refractivity contribution in [3.63, 3.8) is 0 Å². The van der Waals surface area contributed by atoms with Gasteiger partial charge in [0.1, 0.15) is 0 Å². The Morgan fingerprint density at radius 3 is 2.39 bits per heavy atom. The molecule has 0 atom stereocenters. The Balaban J connectivity index is 2.44. The van der Waals surface area contributed by atoms with Crippen molar-refractivity contribution in [3.05, 3.63) is 61.5 Å². The summed E-state index contributed by atoms with van der Waals surface area (Å²) in [4.78, 5) is 12.3. The molecule has 0 heterocycles. The van der Waals surface area contributed by atoms with E-state index >= 15 is 0 Å². The van der Waals surface area contributed by atoms with Crippen LogP contribution in [0.25, 0.3) is 0 Å². The van der Waals surface area contributed by atoms with Gasteiger partial charge < -0.3 is 5.73 Å². The first-order valence-electron chi connectivity index (χ1n) is 5.04. The smallest absolute Gasteiger partial charge is 0.194 e. The van der Waals surface area contributed by atoms with E-state index in [0.717, 1.165) is 0 Å². The maximum absolute atomic E-state index is 12.3. The molecule has 0 fully saturated rings. The summed E-state index contributed by atoms with van der Waals surface area (Å²) in [5.41, 5.74) is 7.43. The lowest BCUT2D eigenvalue weighted by molar-refractivity contribution is 0.103. The van der Waals surface area contributed by atoms with Gasteiger partial charge in [-0.3, -0.25) is 4.79 Å². The van der Waals surface area contributed by atoms with Crippen molar-refractivity contribution in [1.29, 1.82) is 0 Å². The number of hydrogen-bond acceptors (Lipinski definition) is 2. The van der Waals surface area contributed by atoms with Crippen LogP contribution in [-0.2, 0) is 0 Å². The molecule has 0 aliphatic rings. The highest BCUT2D eigenvalue weighted by atomic mass is 79.9. The summed E-state index contributed by atoms with van der Waals surface area (Å²) in [7, 11) is 0. The van der Waals surface area contributed by atoms with Gasteiger partial charge >= 0.3 is 0 Å². The molecule has 2 aromatic carbocycles. The molecule has 0 saturated carbocycles. The fourth-order valence-corrected chi connectivity index (χ4v) is 2.74. The molecule has 0 spiro atoms. The van der Waals surface area contributed by atoms with Crippen LogP contribution in [0.2, 0.25) is 5.02 Å². The van der Waals surface area contributed by atoms with Gasteiger partial charge in [0.25, 0.3) is 0 Å². The molecule has 0 bridgehead atoms. The van der Waals surface area contributed by atoms with Crippen LogP contribution in [0.5, 0.6) is 0 Å². The quantitative estimate of drug-likeness (QED) is 0.599. The molecule has 0 saturated heterocycles. The predicted molar refractivity (Wildman–Crippen MR) is 81.1 cm³/mol. The van der Waals surface area contributed by atoms with Crippen molar-refractivity contribution in [3.8, 4) is 0 Å². The molecule has 0 aliphatic carbocycles. The number of carbonyl (C=O) groups is 1. The van der Waals surface area contributed by atoms with E-state index in [1.165, 1.54) is 0 Å². The summed E-state index contributed by atoms with van der Waals surface area (Å²) in [5, 5.41) is 0.580. The summed E-state index contributed by atoms with van der Waals surface area (Å²) in [6.45, 7) is 0. The Morgan fingerprint density at radius 2 is 1.78 bits per heavy atom. The molecule has 2 aromatic rings. The molecule has 18 heavy (non-hydrogen) atoms. The van der Waals surface area contributed by atoms with E-state index in [1.807, 2.05) is 0 Å². The van der Waals surface area contributed by atoms with Gasteiger partial charge in [0.15, 0.2) is 5.78 Å². The molecule has 2 nitrogen and oxygen atoms in total. The van der Waals surface area contributed by atoms with Crippen LogP contribution in [0.4, 0.5) is 5.69 Å². The number of anilines is 1. The van der Waals surface area contributed by atoms with Gasteiger partial charge in [0, 0.05) is 30.8 Å². The van der Waals surface area contributed by atoms with Crippen molar-refractivity contribution in [2.24, 2.45) is 0 Å². The topological polar surface area (TPSA) is 43.1 Å². The van der Waals surface area contributed by atoms with E-state index in [-0.39, 0.29) is 5.78 Å². The minimum Gasteiger partial charge on any atom is -0.398 e. The van der Waals surface area contributed by atoms with Gasteiger partial charge in [-0.05, 0) is 68.3 Å². The van der Waals surface area contributed by atoms with E-state index < -0.39 is 0 Å². The van der Waals surface area contributed by atoms with Crippen molar-refractivity contribution in [2.75, 3.05) is 5.73 Å². The number of hydrogen-bond donors (Lipinski definition) is 1. The second-order valence-corrected chi connectivity index (χ2v) is 5.83. The zero-order valence-electron chi connectivity index (χ0n) is 9.08. The average molecular weight is 389 g/mol. The minimum absolute atomic E-state index is 0.0840. The van der Waals surface area contributed by atoms with Crippen molar-refractivity contribution in [1.82, 2.24) is 0 Å². The molecule has 0 radical (unpaired) electrons. The fourth-order valence-electron chi connectivity index (χ4n) is 1.50. The first-order chi connectivity index (χ1) is 8.49. The molecule has 92 valence electrons. The number of nitrogen functional groups attached to an aromatic ring is 1. The number of ketones is 1. The molecular weight excluding hydrogens is 381 g/mol. The van der Waals surface area contributed by atoms with Crippen LogP contribution in [0, 0.1) is 0 Å². The molecule has 5 heteroatoms. The van der Waals surface area contributed by atoms with Crippen LogP contribution in [-0.4, -0.2) is 5.78 Å². The first kappa shape index (κ1) is 13.6. The second-order valence-electron chi connectivity index (χ2n) is 3.69. The maximum atomic E-state index is 12.3. The number of rotatable bonds is 2. The molecule has 0 aromatic heterocycles. The Labute approximate surface area is 126 Å². The van der Waals surface area contributed by atoms with Crippen LogP contribution in [0.1, 0.15) is 15.9 Å².